The van der Waals surface area contributed by atoms with Crippen molar-refractivity contribution in [3.8, 4) is 0 Å². The lowest BCUT2D eigenvalue weighted by molar-refractivity contribution is -0.135. The van der Waals surface area contributed by atoms with Gasteiger partial charge in [0.2, 0.25) is 5.91 Å². The third-order valence-electron chi connectivity index (χ3n) is 3.70. The lowest BCUT2D eigenvalue weighted by atomic mass is 10.1. The van der Waals surface area contributed by atoms with Crippen molar-refractivity contribution in [1.29, 1.82) is 0 Å². The van der Waals surface area contributed by atoms with Crippen molar-refractivity contribution in [2.24, 2.45) is 0 Å². The SMILES string of the molecule is CC1c2ccccc2CN1C(=O)[C@@H](C)NC(=O)OC(C)(C)C. The van der Waals surface area contributed by atoms with Gasteiger partial charge in [0.05, 0.1) is 6.04 Å². The molecule has 2 amide bonds. The Labute approximate surface area is 131 Å². The second kappa shape index (κ2) is 5.99. The monoisotopic (exact) mass is 304 g/mol. The molecule has 5 nitrogen and oxygen atoms in total. The molecule has 1 aromatic rings. The summed E-state index contributed by atoms with van der Waals surface area (Å²) >= 11 is 0. The molecule has 1 aromatic carbocycles. The zero-order valence-electron chi connectivity index (χ0n) is 13.8. The van der Waals surface area contributed by atoms with E-state index in [0.717, 1.165) is 5.56 Å². The molecule has 0 saturated heterocycles. The summed E-state index contributed by atoms with van der Waals surface area (Å²) in [4.78, 5) is 26.1. The first-order valence-electron chi connectivity index (χ1n) is 7.57. The number of carbonyl (C=O) groups excluding carboxylic acids is 2. The third-order valence-corrected chi connectivity index (χ3v) is 3.70. The van der Waals surface area contributed by atoms with Crippen LogP contribution < -0.4 is 5.32 Å². The van der Waals surface area contributed by atoms with Crippen LogP contribution in [-0.4, -0.2) is 28.5 Å². The molecule has 2 atom stereocenters. The van der Waals surface area contributed by atoms with Crippen LogP contribution in [0.2, 0.25) is 0 Å². The quantitative estimate of drug-likeness (QED) is 0.913. The molecule has 5 heteroatoms. The third kappa shape index (κ3) is 3.59. The highest BCUT2D eigenvalue weighted by atomic mass is 16.6. The summed E-state index contributed by atoms with van der Waals surface area (Å²) in [5.74, 6) is -0.102. The Bertz CT molecular complexity index is 578. The van der Waals surface area contributed by atoms with Crippen LogP contribution in [0.5, 0.6) is 0 Å². The van der Waals surface area contributed by atoms with E-state index in [1.807, 2.05) is 31.2 Å². The molecule has 0 aliphatic carbocycles. The van der Waals surface area contributed by atoms with E-state index in [2.05, 4.69) is 5.32 Å². The van der Waals surface area contributed by atoms with Gasteiger partial charge in [-0.1, -0.05) is 24.3 Å². The molecule has 1 unspecified atom stereocenters. The highest BCUT2D eigenvalue weighted by Gasteiger charge is 2.33. The minimum atomic E-state index is -0.619. The Hall–Kier alpha value is -2.04. The second-order valence-electron chi connectivity index (χ2n) is 6.71. The van der Waals surface area contributed by atoms with E-state index in [4.69, 9.17) is 4.74 Å². The number of rotatable bonds is 2. The van der Waals surface area contributed by atoms with Crippen LogP contribution in [0, 0.1) is 0 Å². The Balaban J connectivity index is 1.99. The number of hydrogen-bond acceptors (Lipinski definition) is 3. The highest BCUT2D eigenvalue weighted by molar-refractivity contribution is 5.86. The molecule has 0 saturated carbocycles. The van der Waals surface area contributed by atoms with Gasteiger partial charge >= 0.3 is 6.09 Å². The first-order chi connectivity index (χ1) is 10.2. The van der Waals surface area contributed by atoms with Gasteiger partial charge in [0, 0.05) is 6.54 Å². The Morgan fingerprint density at radius 2 is 1.95 bits per heavy atom. The molecule has 0 fully saturated rings. The van der Waals surface area contributed by atoms with Crippen molar-refractivity contribution < 1.29 is 14.3 Å². The maximum atomic E-state index is 12.6. The van der Waals surface area contributed by atoms with Crippen molar-refractivity contribution in [3.05, 3.63) is 35.4 Å². The second-order valence-corrected chi connectivity index (χ2v) is 6.71. The summed E-state index contributed by atoms with van der Waals surface area (Å²) in [6, 6.07) is 7.43. The summed E-state index contributed by atoms with van der Waals surface area (Å²) in [6.07, 6.45) is -0.572. The van der Waals surface area contributed by atoms with Crippen LogP contribution >= 0.6 is 0 Å². The standard InChI is InChI=1S/C17H24N2O3/c1-11(18-16(21)22-17(3,4)5)15(20)19-10-13-8-6-7-9-14(13)12(19)2/h6-9,11-12H,10H2,1-5H3,(H,18,21)/t11-,12?/m1/s1. The van der Waals surface area contributed by atoms with Crippen LogP contribution in [0.3, 0.4) is 0 Å². The molecule has 1 aliphatic rings. The fourth-order valence-corrected chi connectivity index (χ4v) is 2.64. The molecule has 120 valence electrons. The molecule has 0 bridgehead atoms. The van der Waals surface area contributed by atoms with E-state index in [1.165, 1.54) is 5.56 Å². The van der Waals surface area contributed by atoms with Gasteiger partial charge in [-0.15, -0.1) is 0 Å². The Kier molecular flexibility index (Phi) is 4.44. The molecular weight excluding hydrogens is 280 g/mol. The number of nitrogens with one attached hydrogen (secondary N) is 1. The maximum Gasteiger partial charge on any atom is 0.408 e. The summed E-state index contributed by atoms with van der Waals surface area (Å²) in [5, 5.41) is 2.61. The highest BCUT2D eigenvalue weighted by Crippen LogP contribution is 2.33. The lowest BCUT2D eigenvalue weighted by Gasteiger charge is -2.27. The Morgan fingerprint density at radius 1 is 1.32 bits per heavy atom. The van der Waals surface area contributed by atoms with Gasteiger partial charge in [-0.3, -0.25) is 4.79 Å². The molecule has 0 aromatic heterocycles. The normalized spacial score (nSPS) is 18.6. The van der Waals surface area contributed by atoms with Gasteiger partial charge in [-0.05, 0) is 45.7 Å². The first kappa shape index (κ1) is 16.3. The zero-order chi connectivity index (χ0) is 16.5. The minimum absolute atomic E-state index is 0.0200. The number of alkyl carbamates (subject to hydrolysis) is 1. The van der Waals surface area contributed by atoms with Crippen LogP contribution in [0.4, 0.5) is 4.79 Å². The van der Waals surface area contributed by atoms with Crippen LogP contribution in [0.25, 0.3) is 0 Å². The molecule has 1 heterocycles. The molecular formula is C17H24N2O3. The van der Waals surface area contributed by atoms with Gasteiger partial charge in [-0.2, -0.15) is 0 Å². The summed E-state index contributed by atoms with van der Waals surface area (Å²) < 4.78 is 5.19. The largest absolute Gasteiger partial charge is 0.444 e. The number of fused-ring (bicyclic) bond motifs is 1. The van der Waals surface area contributed by atoms with E-state index >= 15 is 0 Å². The zero-order valence-corrected chi connectivity index (χ0v) is 13.8. The molecule has 1 aliphatic heterocycles. The average Bonchev–Trinajstić information content (AvgIpc) is 2.73. The molecule has 2 rings (SSSR count). The van der Waals surface area contributed by atoms with Crippen LogP contribution in [-0.2, 0) is 16.1 Å². The van der Waals surface area contributed by atoms with Crippen LogP contribution in [0.15, 0.2) is 24.3 Å². The first-order valence-corrected chi connectivity index (χ1v) is 7.57. The van der Waals surface area contributed by atoms with Crippen LogP contribution in [0.1, 0.15) is 51.8 Å². The van der Waals surface area contributed by atoms with Crippen molar-refractivity contribution in [2.75, 3.05) is 0 Å². The molecule has 0 spiro atoms. The number of nitrogens with zero attached hydrogens (tertiary/aromatic N) is 1. The molecule has 22 heavy (non-hydrogen) atoms. The number of ether oxygens (including phenoxy) is 1. The van der Waals surface area contributed by atoms with Crippen molar-refractivity contribution in [3.63, 3.8) is 0 Å². The summed E-state index contributed by atoms with van der Waals surface area (Å²) in [7, 11) is 0. The van der Waals surface area contributed by atoms with E-state index < -0.39 is 17.7 Å². The molecule has 0 radical (unpaired) electrons. The van der Waals surface area contributed by atoms with Gasteiger partial charge in [0.1, 0.15) is 11.6 Å². The number of amides is 2. The summed E-state index contributed by atoms with van der Waals surface area (Å²) in [6.45, 7) is 9.64. The fraction of sp³-hybridized carbons (Fsp3) is 0.529. The van der Waals surface area contributed by atoms with E-state index in [0.29, 0.717) is 6.54 Å². The van der Waals surface area contributed by atoms with Gasteiger partial charge < -0.3 is 15.0 Å². The molecule has 1 N–H and O–H groups in total. The van der Waals surface area contributed by atoms with Crippen molar-refractivity contribution >= 4 is 12.0 Å². The average molecular weight is 304 g/mol. The minimum Gasteiger partial charge on any atom is -0.444 e. The predicted molar refractivity (Wildman–Crippen MR) is 84.2 cm³/mol. The number of benzene rings is 1. The van der Waals surface area contributed by atoms with Gasteiger partial charge in [0.25, 0.3) is 0 Å². The van der Waals surface area contributed by atoms with Gasteiger partial charge in [0.15, 0.2) is 0 Å². The topological polar surface area (TPSA) is 58.6 Å². The smallest absolute Gasteiger partial charge is 0.408 e. The predicted octanol–water partition coefficient (Wildman–Crippen LogP) is 3.00. The Morgan fingerprint density at radius 3 is 2.55 bits per heavy atom. The van der Waals surface area contributed by atoms with Crippen molar-refractivity contribution in [1.82, 2.24) is 10.2 Å². The van der Waals surface area contributed by atoms with E-state index in [1.54, 1.807) is 32.6 Å². The number of carbonyl (C=O) groups is 2. The number of hydrogen-bond donors (Lipinski definition) is 1. The maximum absolute atomic E-state index is 12.6. The van der Waals surface area contributed by atoms with Gasteiger partial charge in [-0.25, -0.2) is 4.79 Å². The van der Waals surface area contributed by atoms with E-state index in [-0.39, 0.29) is 11.9 Å². The lowest BCUT2D eigenvalue weighted by Crippen LogP contribution is -2.47. The van der Waals surface area contributed by atoms with E-state index in [9.17, 15) is 9.59 Å². The summed E-state index contributed by atoms with van der Waals surface area (Å²) in [5.41, 5.74) is 1.75. The van der Waals surface area contributed by atoms with Crippen molar-refractivity contribution in [2.45, 2.75) is 58.8 Å². The fourth-order valence-electron chi connectivity index (χ4n) is 2.64.